The van der Waals surface area contributed by atoms with E-state index >= 15 is 0 Å². The fraction of sp³-hybridized carbons (Fsp3) is 1.00. The summed E-state index contributed by atoms with van der Waals surface area (Å²) in [6, 6.07) is 5.55. The number of nitrogens with zero attached hydrogens (tertiary/aromatic N) is 2. The van der Waals surface area contributed by atoms with Crippen LogP contribution < -0.4 is 0 Å². The molecule has 0 heterocycles. The van der Waals surface area contributed by atoms with Crippen LogP contribution in [0.25, 0.3) is 0 Å². The predicted molar refractivity (Wildman–Crippen MR) is 115 cm³/mol. The van der Waals surface area contributed by atoms with E-state index in [1.165, 1.54) is 76.7 Å². The number of hydrogen-bond donors (Lipinski definition) is 0. The summed E-state index contributed by atoms with van der Waals surface area (Å²) in [4.78, 5) is 2.88. The summed E-state index contributed by atoms with van der Waals surface area (Å²) in [5.74, 6) is 0. The molecule has 2 fully saturated rings. The van der Waals surface area contributed by atoms with Crippen molar-refractivity contribution < 1.29 is 0 Å². The Bertz CT molecular complexity index is 346. The van der Waals surface area contributed by atoms with E-state index in [1.807, 2.05) is 0 Å². The SMILES string of the molecule is CC(C)N([SiH2]CCC(C)N(C(C)C)C1CCCCC1)C1CCCCC1. The molecule has 0 N–H and O–H groups in total. The van der Waals surface area contributed by atoms with Crippen molar-refractivity contribution in [3.05, 3.63) is 0 Å². The molecule has 2 saturated carbocycles. The minimum absolute atomic E-state index is 0.0881. The van der Waals surface area contributed by atoms with Crippen molar-refractivity contribution >= 4 is 9.68 Å². The molecule has 0 aromatic rings. The number of hydrogen-bond acceptors (Lipinski definition) is 2. The predicted octanol–water partition coefficient (Wildman–Crippen LogP) is 5.35. The summed E-state index contributed by atoms with van der Waals surface area (Å²) in [6.45, 7) is 12.2. The van der Waals surface area contributed by atoms with E-state index in [1.54, 1.807) is 0 Å². The van der Waals surface area contributed by atoms with Gasteiger partial charge in [0.1, 0.15) is 0 Å². The van der Waals surface area contributed by atoms with Gasteiger partial charge in [-0.3, -0.25) is 4.90 Å². The average Bonchev–Trinajstić information content (AvgIpc) is 2.60. The molecular formula is C22H46N2Si. The van der Waals surface area contributed by atoms with Crippen LogP contribution in [0.5, 0.6) is 0 Å². The highest BCUT2D eigenvalue weighted by Gasteiger charge is 2.28. The lowest BCUT2D eigenvalue weighted by molar-refractivity contribution is 0.0761. The summed E-state index contributed by atoms with van der Waals surface area (Å²) in [5, 5.41) is 0. The Morgan fingerprint density at radius 2 is 1.24 bits per heavy atom. The van der Waals surface area contributed by atoms with E-state index in [9.17, 15) is 0 Å². The topological polar surface area (TPSA) is 6.48 Å². The van der Waals surface area contributed by atoms with Gasteiger partial charge in [-0.1, -0.05) is 52.4 Å². The van der Waals surface area contributed by atoms with Crippen LogP contribution >= 0.6 is 0 Å². The lowest BCUT2D eigenvalue weighted by atomic mass is 9.92. The van der Waals surface area contributed by atoms with Gasteiger partial charge in [0, 0.05) is 24.2 Å². The fourth-order valence-corrected chi connectivity index (χ4v) is 8.05. The first-order valence-corrected chi connectivity index (χ1v) is 13.2. The molecule has 0 aliphatic heterocycles. The molecular weight excluding hydrogens is 320 g/mol. The largest absolute Gasteiger partial charge is 0.324 e. The molecule has 148 valence electrons. The van der Waals surface area contributed by atoms with Crippen molar-refractivity contribution in [1.29, 1.82) is 0 Å². The maximum atomic E-state index is 2.96. The van der Waals surface area contributed by atoms with Crippen LogP contribution in [0.4, 0.5) is 0 Å². The molecule has 0 aromatic carbocycles. The molecule has 3 heteroatoms. The van der Waals surface area contributed by atoms with Gasteiger partial charge in [0.2, 0.25) is 0 Å². The first-order valence-electron chi connectivity index (χ1n) is 11.5. The monoisotopic (exact) mass is 366 g/mol. The Morgan fingerprint density at radius 3 is 1.72 bits per heavy atom. The molecule has 0 amide bonds. The Morgan fingerprint density at radius 1 is 0.720 bits per heavy atom. The summed E-state index contributed by atoms with van der Waals surface area (Å²) in [7, 11) is -0.0881. The molecule has 1 unspecified atom stereocenters. The third kappa shape index (κ3) is 6.66. The van der Waals surface area contributed by atoms with Crippen molar-refractivity contribution in [2.24, 2.45) is 0 Å². The van der Waals surface area contributed by atoms with Gasteiger partial charge in [-0.25, -0.2) is 0 Å². The van der Waals surface area contributed by atoms with Crippen LogP contribution in [-0.4, -0.2) is 49.4 Å². The van der Waals surface area contributed by atoms with Crippen LogP contribution in [0.1, 0.15) is 105 Å². The van der Waals surface area contributed by atoms with E-state index in [4.69, 9.17) is 0 Å². The van der Waals surface area contributed by atoms with E-state index < -0.39 is 0 Å². The summed E-state index contributed by atoms with van der Waals surface area (Å²) >= 11 is 0. The Kier molecular flexibility index (Phi) is 9.51. The highest BCUT2D eigenvalue weighted by molar-refractivity contribution is 6.32. The molecule has 25 heavy (non-hydrogen) atoms. The third-order valence-corrected chi connectivity index (χ3v) is 9.33. The van der Waals surface area contributed by atoms with Gasteiger partial charge in [-0.2, -0.15) is 0 Å². The van der Waals surface area contributed by atoms with E-state index in [-0.39, 0.29) is 9.68 Å². The van der Waals surface area contributed by atoms with Gasteiger partial charge in [0.15, 0.2) is 0 Å². The third-order valence-electron chi connectivity index (χ3n) is 6.85. The van der Waals surface area contributed by atoms with Gasteiger partial charge in [0.05, 0.1) is 9.68 Å². The summed E-state index contributed by atoms with van der Waals surface area (Å²) < 4.78 is 2.96. The lowest BCUT2D eigenvalue weighted by Crippen LogP contribution is -2.48. The van der Waals surface area contributed by atoms with Crippen LogP contribution in [0, 0.1) is 0 Å². The Hall–Kier alpha value is 0.137. The highest BCUT2D eigenvalue weighted by atomic mass is 28.2. The maximum absolute atomic E-state index is 2.96. The second-order valence-corrected chi connectivity index (χ2v) is 11.3. The van der Waals surface area contributed by atoms with Crippen molar-refractivity contribution in [2.45, 2.75) is 142 Å². The zero-order chi connectivity index (χ0) is 18.2. The Balaban J connectivity index is 1.82. The van der Waals surface area contributed by atoms with E-state index in [0.717, 1.165) is 24.2 Å². The summed E-state index contributed by atoms with van der Waals surface area (Å²) in [6.07, 6.45) is 16.1. The highest BCUT2D eigenvalue weighted by Crippen LogP contribution is 2.28. The van der Waals surface area contributed by atoms with Crippen LogP contribution in [0.15, 0.2) is 0 Å². The van der Waals surface area contributed by atoms with Crippen LogP contribution in [0.2, 0.25) is 6.04 Å². The molecule has 2 aliphatic rings. The zero-order valence-corrected chi connectivity index (χ0v) is 19.4. The normalized spacial score (nSPS) is 22.9. The molecule has 0 radical (unpaired) electrons. The standard InChI is InChI=1S/C22H46N2Si/c1-18(2)23(21-12-8-6-9-13-21)20(5)16-17-25-24(19(3)4)22-14-10-7-11-15-22/h18-22H,6-17,25H2,1-5H3. The molecule has 0 spiro atoms. The maximum Gasteiger partial charge on any atom is 0.0957 e. The molecule has 1 atom stereocenters. The number of rotatable bonds is 9. The van der Waals surface area contributed by atoms with Crippen molar-refractivity contribution in [3.8, 4) is 0 Å². The first-order chi connectivity index (χ1) is 12.0. The lowest BCUT2D eigenvalue weighted by Gasteiger charge is -2.42. The molecule has 2 aliphatic carbocycles. The van der Waals surface area contributed by atoms with Gasteiger partial charge in [-0.15, -0.1) is 0 Å². The smallest absolute Gasteiger partial charge is 0.0957 e. The van der Waals surface area contributed by atoms with Crippen LogP contribution in [0.3, 0.4) is 0 Å². The quantitative estimate of drug-likeness (QED) is 0.507. The molecule has 0 saturated heterocycles. The van der Waals surface area contributed by atoms with E-state index in [0.29, 0.717) is 6.04 Å². The van der Waals surface area contributed by atoms with Gasteiger partial charge in [0.25, 0.3) is 0 Å². The van der Waals surface area contributed by atoms with Gasteiger partial charge in [-0.05, 0) is 65.0 Å². The van der Waals surface area contributed by atoms with Crippen molar-refractivity contribution in [3.63, 3.8) is 0 Å². The molecule has 2 nitrogen and oxygen atoms in total. The van der Waals surface area contributed by atoms with Crippen molar-refractivity contribution in [1.82, 2.24) is 9.47 Å². The Labute approximate surface area is 161 Å². The van der Waals surface area contributed by atoms with Crippen LogP contribution in [-0.2, 0) is 0 Å². The minimum Gasteiger partial charge on any atom is -0.324 e. The second kappa shape index (κ2) is 11.1. The van der Waals surface area contributed by atoms with Gasteiger partial charge < -0.3 is 4.57 Å². The average molecular weight is 367 g/mol. The minimum atomic E-state index is -0.0881. The molecule has 0 aromatic heterocycles. The van der Waals surface area contributed by atoms with Gasteiger partial charge >= 0.3 is 0 Å². The summed E-state index contributed by atoms with van der Waals surface area (Å²) in [5.41, 5.74) is 0. The van der Waals surface area contributed by atoms with Crippen molar-refractivity contribution in [2.75, 3.05) is 0 Å². The second-order valence-electron chi connectivity index (χ2n) is 9.45. The molecule has 0 bridgehead atoms. The first kappa shape index (κ1) is 21.4. The van der Waals surface area contributed by atoms with E-state index in [2.05, 4.69) is 44.1 Å². The fourth-order valence-electron chi connectivity index (χ4n) is 5.66. The zero-order valence-electron chi connectivity index (χ0n) is 18.0. The molecule has 2 rings (SSSR count).